The van der Waals surface area contributed by atoms with Crippen LogP contribution >= 0.6 is 27.3 Å². The first kappa shape index (κ1) is 11.9. The Hall–Kier alpha value is -1.15. The van der Waals surface area contributed by atoms with Crippen LogP contribution in [0.3, 0.4) is 0 Å². The first-order chi connectivity index (χ1) is 7.08. The van der Waals surface area contributed by atoms with E-state index in [9.17, 15) is 9.59 Å². The van der Waals surface area contributed by atoms with Gasteiger partial charge in [-0.15, -0.1) is 11.3 Å². The maximum atomic E-state index is 10.9. The first-order valence-corrected chi connectivity index (χ1v) is 5.37. The van der Waals surface area contributed by atoms with Gasteiger partial charge in [0.15, 0.2) is 10.5 Å². The number of aromatic nitrogens is 1. The minimum Gasteiger partial charge on any atom is -0.454 e. The van der Waals surface area contributed by atoms with Crippen molar-refractivity contribution < 1.29 is 24.1 Å². The third kappa shape index (κ3) is 4.75. The number of hydrogen-bond acceptors (Lipinski definition) is 7. The van der Waals surface area contributed by atoms with Crippen LogP contribution in [0.1, 0.15) is 6.92 Å². The Morgan fingerprint density at radius 3 is 2.87 bits per heavy atom. The van der Waals surface area contributed by atoms with E-state index < -0.39 is 18.5 Å². The number of halogens is 1. The van der Waals surface area contributed by atoms with E-state index in [1.54, 1.807) is 5.38 Å². The molecule has 1 rings (SSSR count). The van der Waals surface area contributed by atoms with Gasteiger partial charge in [-0.25, -0.2) is 9.68 Å². The minimum atomic E-state index is -0.811. The van der Waals surface area contributed by atoms with Crippen LogP contribution in [0.2, 0.25) is 0 Å². The Kier molecular flexibility index (Phi) is 4.50. The van der Waals surface area contributed by atoms with Gasteiger partial charge in [0.2, 0.25) is 0 Å². The molecule has 1 heterocycles. The highest BCUT2D eigenvalue weighted by Gasteiger charge is 2.09. The third-order valence-electron chi connectivity index (χ3n) is 1.07. The van der Waals surface area contributed by atoms with E-state index in [0.717, 1.165) is 0 Å². The van der Waals surface area contributed by atoms with Gasteiger partial charge < -0.3 is 4.74 Å². The fourth-order valence-electron chi connectivity index (χ4n) is 0.550. The molecule has 15 heavy (non-hydrogen) atoms. The van der Waals surface area contributed by atoms with Crippen LogP contribution in [-0.2, 0) is 19.2 Å². The van der Waals surface area contributed by atoms with Crippen LogP contribution < -0.4 is 4.89 Å². The summed E-state index contributed by atoms with van der Waals surface area (Å²) in [5, 5.41) is 1.54. The van der Waals surface area contributed by atoms with Gasteiger partial charge >= 0.3 is 11.9 Å². The number of carbonyl (C=O) groups is 2. The van der Waals surface area contributed by atoms with Crippen LogP contribution in [-0.4, -0.2) is 23.5 Å². The molecular weight excluding hydrogens is 290 g/mol. The smallest absolute Gasteiger partial charge is 0.392 e. The van der Waals surface area contributed by atoms with Crippen molar-refractivity contribution in [3.63, 3.8) is 0 Å². The van der Waals surface area contributed by atoms with Crippen molar-refractivity contribution in [2.24, 2.45) is 0 Å². The van der Waals surface area contributed by atoms with Crippen molar-refractivity contribution in [2.75, 3.05) is 6.61 Å². The molecule has 0 atom stereocenters. The third-order valence-corrected chi connectivity index (χ3v) is 2.41. The monoisotopic (exact) mass is 295 g/mol. The fourth-order valence-corrected chi connectivity index (χ4v) is 1.44. The average molecular weight is 296 g/mol. The maximum Gasteiger partial charge on any atom is 0.392 e. The predicted molar refractivity (Wildman–Crippen MR) is 53.2 cm³/mol. The van der Waals surface area contributed by atoms with Gasteiger partial charge in [-0.1, -0.05) is 0 Å². The SMILES string of the molecule is CC(=O)OCC(=O)OOc1csc(Br)n1. The van der Waals surface area contributed by atoms with Crippen LogP contribution in [0.4, 0.5) is 0 Å². The maximum absolute atomic E-state index is 10.9. The van der Waals surface area contributed by atoms with Crippen molar-refractivity contribution in [3.8, 4) is 5.88 Å². The van der Waals surface area contributed by atoms with Crippen molar-refractivity contribution in [3.05, 3.63) is 9.30 Å². The second-order valence-electron chi connectivity index (χ2n) is 2.26. The second kappa shape index (κ2) is 5.66. The van der Waals surface area contributed by atoms with E-state index in [2.05, 4.69) is 35.4 Å². The van der Waals surface area contributed by atoms with Crippen LogP contribution in [0.5, 0.6) is 5.88 Å². The van der Waals surface area contributed by atoms with Crippen LogP contribution in [0, 0.1) is 0 Å². The molecule has 1 aromatic heterocycles. The molecule has 0 radical (unpaired) electrons. The summed E-state index contributed by atoms with van der Waals surface area (Å²) < 4.78 is 4.98. The number of rotatable bonds is 4. The second-order valence-corrected chi connectivity index (χ2v) is 4.39. The number of ether oxygens (including phenoxy) is 1. The van der Waals surface area contributed by atoms with E-state index in [1.807, 2.05) is 0 Å². The number of esters is 1. The summed E-state index contributed by atoms with van der Waals surface area (Å²) in [6.45, 7) is 0.701. The van der Waals surface area contributed by atoms with Crippen molar-refractivity contribution in [2.45, 2.75) is 6.92 Å². The van der Waals surface area contributed by atoms with Crippen molar-refractivity contribution in [1.29, 1.82) is 0 Å². The van der Waals surface area contributed by atoms with Gasteiger partial charge in [-0.05, 0) is 15.9 Å². The highest BCUT2D eigenvalue weighted by Crippen LogP contribution is 2.21. The summed E-state index contributed by atoms with van der Waals surface area (Å²) in [6.07, 6.45) is 0. The number of nitrogens with zero attached hydrogens (tertiary/aromatic N) is 1. The predicted octanol–water partition coefficient (Wildman–Crippen LogP) is 1.31. The molecule has 0 unspecified atom stereocenters. The molecule has 8 heteroatoms. The normalized spacial score (nSPS) is 9.47. The summed E-state index contributed by atoms with van der Waals surface area (Å²) in [5.41, 5.74) is 0. The van der Waals surface area contributed by atoms with E-state index in [-0.39, 0.29) is 5.88 Å². The summed E-state index contributed by atoms with van der Waals surface area (Å²) in [4.78, 5) is 33.9. The highest BCUT2D eigenvalue weighted by molar-refractivity contribution is 9.11. The van der Waals surface area contributed by atoms with E-state index in [4.69, 9.17) is 0 Å². The number of thiazole rings is 1. The summed E-state index contributed by atoms with van der Waals surface area (Å²) in [5.74, 6) is -1.22. The quantitative estimate of drug-likeness (QED) is 0.474. The standard InChI is InChI=1S/C7H6BrNO5S/c1-4(10)12-2-6(11)14-13-5-3-15-7(8)9-5/h3H,2H2,1H3. The fraction of sp³-hybridized carbons (Fsp3) is 0.286. The lowest BCUT2D eigenvalue weighted by molar-refractivity contribution is -0.219. The molecule has 0 N–H and O–H groups in total. The molecule has 0 saturated heterocycles. The van der Waals surface area contributed by atoms with E-state index in [0.29, 0.717) is 3.92 Å². The minimum absolute atomic E-state index is 0.156. The Labute approximate surface area is 97.2 Å². The molecule has 0 spiro atoms. The van der Waals surface area contributed by atoms with Crippen molar-refractivity contribution >= 4 is 39.2 Å². The Balaban J connectivity index is 2.25. The molecule has 1 aromatic rings. The average Bonchev–Trinajstić information content (AvgIpc) is 2.58. The van der Waals surface area contributed by atoms with Gasteiger partial charge in [0.05, 0.1) is 5.38 Å². The summed E-state index contributed by atoms with van der Waals surface area (Å²) in [7, 11) is 0. The molecule has 82 valence electrons. The molecule has 0 aromatic carbocycles. The number of carbonyl (C=O) groups excluding carboxylic acids is 2. The summed E-state index contributed by atoms with van der Waals surface area (Å²) >= 11 is 4.38. The van der Waals surface area contributed by atoms with Crippen LogP contribution in [0.25, 0.3) is 0 Å². The highest BCUT2D eigenvalue weighted by atomic mass is 79.9. The van der Waals surface area contributed by atoms with E-state index >= 15 is 0 Å². The number of hydrogen-bond donors (Lipinski definition) is 0. The lowest BCUT2D eigenvalue weighted by Crippen LogP contribution is -2.16. The molecule has 0 aliphatic heterocycles. The van der Waals surface area contributed by atoms with Gasteiger partial charge in [0.25, 0.3) is 5.88 Å². The van der Waals surface area contributed by atoms with Gasteiger partial charge in [-0.2, -0.15) is 4.98 Å². The van der Waals surface area contributed by atoms with E-state index in [1.165, 1.54) is 18.3 Å². The summed E-state index contributed by atoms with van der Waals surface area (Å²) in [6, 6.07) is 0. The zero-order chi connectivity index (χ0) is 11.3. The molecule has 6 nitrogen and oxygen atoms in total. The zero-order valence-corrected chi connectivity index (χ0v) is 9.96. The Morgan fingerprint density at radius 2 is 2.33 bits per heavy atom. The van der Waals surface area contributed by atoms with Crippen LogP contribution in [0.15, 0.2) is 9.30 Å². The molecule has 0 saturated carbocycles. The van der Waals surface area contributed by atoms with Gasteiger partial charge in [0.1, 0.15) is 0 Å². The molecule has 0 aliphatic carbocycles. The molecule has 0 fully saturated rings. The topological polar surface area (TPSA) is 74.7 Å². The lowest BCUT2D eigenvalue weighted by Gasteiger charge is -2.01. The lowest BCUT2D eigenvalue weighted by atomic mass is 10.7. The largest absolute Gasteiger partial charge is 0.454 e. The Bertz CT molecular complexity index is 366. The van der Waals surface area contributed by atoms with Gasteiger partial charge in [-0.3, -0.25) is 9.68 Å². The zero-order valence-electron chi connectivity index (χ0n) is 7.56. The molecule has 0 bridgehead atoms. The molecule has 0 amide bonds. The molecular formula is C7H6BrNO5S. The Morgan fingerprint density at radius 1 is 1.60 bits per heavy atom. The molecule has 0 aliphatic rings. The van der Waals surface area contributed by atoms with Crippen molar-refractivity contribution in [1.82, 2.24) is 4.98 Å². The van der Waals surface area contributed by atoms with Gasteiger partial charge in [0, 0.05) is 6.92 Å². The first-order valence-electron chi connectivity index (χ1n) is 3.69.